The van der Waals surface area contributed by atoms with Gasteiger partial charge in [0.2, 0.25) is 0 Å². The molecule has 1 aliphatic rings. The Bertz CT molecular complexity index is 559. The summed E-state index contributed by atoms with van der Waals surface area (Å²) >= 11 is 0. The van der Waals surface area contributed by atoms with Crippen molar-refractivity contribution >= 4 is 12.6 Å². The number of methoxy groups -OCH3 is 1. The third-order valence-corrected chi connectivity index (χ3v) is 4.28. The van der Waals surface area contributed by atoms with Crippen LogP contribution in [0, 0.1) is 18.3 Å². The first-order chi connectivity index (χ1) is 9.23. The molecule has 0 spiro atoms. The average Bonchev–Trinajstić information content (AvgIpc) is 2.57. The molecule has 0 atom stereocenters. The Morgan fingerprint density at radius 2 is 1.70 bits per heavy atom. The molecule has 0 aliphatic carbocycles. The van der Waals surface area contributed by atoms with Crippen molar-refractivity contribution < 1.29 is 14.0 Å². The maximum Gasteiger partial charge on any atom is 0.495 e. The van der Waals surface area contributed by atoms with E-state index in [0.717, 1.165) is 11.0 Å². The smallest absolute Gasteiger partial charge is 0.495 e. The summed E-state index contributed by atoms with van der Waals surface area (Å²) in [4.78, 5) is 0. The summed E-state index contributed by atoms with van der Waals surface area (Å²) < 4.78 is 17.4. The number of benzene rings is 1. The van der Waals surface area contributed by atoms with E-state index in [1.54, 1.807) is 13.2 Å². The van der Waals surface area contributed by atoms with E-state index in [9.17, 15) is 0 Å². The standard InChI is InChI=1S/C15H20BNO3/c1-10-12(8-7-11(9-17)13(10)18-6)16-19-14(2,3)15(4,5)20-16/h7-8H,1-6H3. The van der Waals surface area contributed by atoms with Crippen LogP contribution >= 0.6 is 0 Å². The van der Waals surface area contributed by atoms with Gasteiger partial charge in [0.05, 0.1) is 23.9 Å². The number of hydrogen-bond donors (Lipinski definition) is 0. The van der Waals surface area contributed by atoms with Crippen molar-refractivity contribution in [1.29, 1.82) is 5.26 Å². The highest BCUT2D eigenvalue weighted by Crippen LogP contribution is 2.37. The lowest BCUT2D eigenvalue weighted by Crippen LogP contribution is -2.41. The minimum Gasteiger partial charge on any atom is -0.495 e. The van der Waals surface area contributed by atoms with E-state index in [1.165, 1.54) is 0 Å². The molecule has 0 saturated carbocycles. The maximum atomic E-state index is 9.10. The van der Waals surface area contributed by atoms with Crippen molar-refractivity contribution in [2.45, 2.75) is 45.8 Å². The Balaban J connectivity index is 2.44. The molecule has 0 radical (unpaired) electrons. The summed E-state index contributed by atoms with van der Waals surface area (Å²) in [6, 6.07) is 5.75. The van der Waals surface area contributed by atoms with Crippen LogP contribution in [0.4, 0.5) is 0 Å². The number of hydrogen-bond acceptors (Lipinski definition) is 4. The van der Waals surface area contributed by atoms with Gasteiger partial charge in [0, 0.05) is 0 Å². The summed E-state index contributed by atoms with van der Waals surface area (Å²) in [5, 5.41) is 9.10. The molecule has 1 fully saturated rings. The van der Waals surface area contributed by atoms with Crippen molar-refractivity contribution in [2.24, 2.45) is 0 Å². The zero-order valence-electron chi connectivity index (χ0n) is 12.9. The normalized spacial score (nSPS) is 19.8. The van der Waals surface area contributed by atoms with Gasteiger partial charge in [-0.25, -0.2) is 0 Å². The Hall–Kier alpha value is -1.51. The zero-order valence-corrected chi connectivity index (χ0v) is 12.9. The van der Waals surface area contributed by atoms with Crippen LogP contribution < -0.4 is 10.2 Å². The van der Waals surface area contributed by atoms with Gasteiger partial charge in [-0.1, -0.05) is 6.07 Å². The molecule has 4 nitrogen and oxygen atoms in total. The average molecular weight is 273 g/mol. The molecular formula is C15H20BNO3. The number of nitrogens with zero attached hydrogens (tertiary/aromatic N) is 1. The molecule has 0 bridgehead atoms. The Morgan fingerprint density at radius 3 is 2.15 bits per heavy atom. The highest BCUT2D eigenvalue weighted by atomic mass is 16.7. The second-order valence-corrected chi connectivity index (χ2v) is 6.06. The lowest BCUT2D eigenvalue weighted by Gasteiger charge is -2.32. The summed E-state index contributed by atoms with van der Waals surface area (Å²) in [7, 11) is 1.12. The van der Waals surface area contributed by atoms with Crippen molar-refractivity contribution in [3.63, 3.8) is 0 Å². The molecule has 0 amide bonds. The fraction of sp³-hybridized carbons (Fsp3) is 0.533. The first-order valence-electron chi connectivity index (χ1n) is 6.66. The van der Waals surface area contributed by atoms with Crippen LogP contribution in [0.25, 0.3) is 0 Å². The number of rotatable bonds is 2. The van der Waals surface area contributed by atoms with Gasteiger partial charge in [0.1, 0.15) is 11.8 Å². The minimum absolute atomic E-state index is 0.384. The van der Waals surface area contributed by atoms with Crippen LogP contribution in [0.5, 0.6) is 5.75 Å². The number of ether oxygens (including phenoxy) is 1. The first kappa shape index (κ1) is 14.9. The van der Waals surface area contributed by atoms with Crippen LogP contribution in [-0.2, 0) is 9.31 Å². The monoisotopic (exact) mass is 273 g/mol. The van der Waals surface area contributed by atoms with Crippen molar-refractivity contribution in [2.75, 3.05) is 7.11 Å². The van der Waals surface area contributed by atoms with Crippen molar-refractivity contribution in [3.8, 4) is 11.8 Å². The highest BCUT2D eigenvalue weighted by molar-refractivity contribution is 6.62. The van der Waals surface area contributed by atoms with Gasteiger partial charge in [0.15, 0.2) is 0 Å². The van der Waals surface area contributed by atoms with Gasteiger partial charge in [-0.2, -0.15) is 5.26 Å². The molecule has 1 aliphatic heterocycles. The third-order valence-electron chi connectivity index (χ3n) is 4.28. The fourth-order valence-corrected chi connectivity index (χ4v) is 2.28. The topological polar surface area (TPSA) is 51.5 Å². The van der Waals surface area contributed by atoms with E-state index in [1.807, 2.05) is 40.7 Å². The lowest BCUT2D eigenvalue weighted by molar-refractivity contribution is 0.00578. The summed E-state index contributed by atoms with van der Waals surface area (Å²) in [5.41, 5.74) is 1.53. The molecule has 0 unspecified atom stereocenters. The molecule has 1 heterocycles. The van der Waals surface area contributed by atoms with E-state index in [2.05, 4.69) is 6.07 Å². The Labute approximate surface area is 120 Å². The van der Waals surface area contributed by atoms with Crippen LogP contribution in [-0.4, -0.2) is 25.4 Å². The van der Waals surface area contributed by atoms with Crippen LogP contribution in [0.15, 0.2) is 12.1 Å². The van der Waals surface area contributed by atoms with Gasteiger partial charge in [-0.05, 0) is 51.7 Å². The second-order valence-electron chi connectivity index (χ2n) is 6.06. The summed E-state index contributed by atoms with van der Waals surface area (Å²) in [6.07, 6.45) is 0. The SMILES string of the molecule is COc1c(C#N)ccc(B2OC(C)(C)C(C)(C)O2)c1C. The largest absolute Gasteiger partial charge is 0.495 e. The molecule has 1 aromatic carbocycles. The molecule has 1 saturated heterocycles. The second kappa shape index (κ2) is 4.80. The maximum absolute atomic E-state index is 9.10. The van der Waals surface area contributed by atoms with Gasteiger partial charge in [0.25, 0.3) is 0 Å². The van der Waals surface area contributed by atoms with Gasteiger partial charge in [-0.15, -0.1) is 0 Å². The fourth-order valence-electron chi connectivity index (χ4n) is 2.28. The Morgan fingerprint density at radius 1 is 1.15 bits per heavy atom. The number of nitriles is 1. The molecular weight excluding hydrogens is 253 g/mol. The van der Waals surface area contributed by atoms with Crippen molar-refractivity contribution in [1.82, 2.24) is 0 Å². The molecule has 1 aromatic rings. The quantitative estimate of drug-likeness (QED) is 0.775. The molecule has 0 aromatic heterocycles. The van der Waals surface area contributed by atoms with Crippen LogP contribution in [0.3, 0.4) is 0 Å². The zero-order chi connectivity index (χ0) is 15.1. The van der Waals surface area contributed by atoms with Crippen molar-refractivity contribution in [3.05, 3.63) is 23.3 Å². The van der Waals surface area contributed by atoms with Gasteiger partial charge >= 0.3 is 7.12 Å². The van der Waals surface area contributed by atoms with Gasteiger partial charge in [-0.3, -0.25) is 0 Å². The predicted molar refractivity (Wildman–Crippen MR) is 78.2 cm³/mol. The van der Waals surface area contributed by atoms with Crippen LogP contribution in [0.2, 0.25) is 0 Å². The predicted octanol–water partition coefficient (Wildman–Crippen LogP) is 2.17. The molecule has 5 heteroatoms. The van der Waals surface area contributed by atoms with E-state index in [0.29, 0.717) is 11.3 Å². The van der Waals surface area contributed by atoms with E-state index < -0.39 is 7.12 Å². The van der Waals surface area contributed by atoms with E-state index >= 15 is 0 Å². The van der Waals surface area contributed by atoms with E-state index in [-0.39, 0.29) is 11.2 Å². The van der Waals surface area contributed by atoms with Gasteiger partial charge < -0.3 is 14.0 Å². The first-order valence-corrected chi connectivity index (χ1v) is 6.66. The highest BCUT2D eigenvalue weighted by Gasteiger charge is 2.52. The van der Waals surface area contributed by atoms with Crippen LogP contribution in [0.1, 0.15) is 38.8 Å². The Kier molecular flexibility index (Phi) is 3.57. The molecule has 106 valence electrons. The summed E-state index contributed by atoms with van der Waals surface area (Å²) in [6.45, 7) is 9.99. The summed E-state index contributed by atoms with van der Waals surface area (Å²) in [5.74, 6) is 0.583. The minimum atomic E-state index is -0.443. The third kappa shape index (κ3) is 2.19. The molecule has 0 N–H and O–H groups in total. The lowest BCUT2D eigenvalue weighted by atomic mass is 9.75. The molecule has 20 heavy (non-hydrogen) atoms. The molecule has 2 rings (SSSR count). The van der Waals surface area contributed by atoms with E-state index in [4.69, 9.17) is 19.3 Å².